The van der Waals surface area contributed by atoms with Gasteiger partial charge in [0.2, 0.25) is 11.0 Å². The summed E-state index contributed by atoms with van der Waals surface area (Å²) in [6, 6.07) is 8.60. The van der Waals surface area contributed by atoms with Gasteiger partial charge in [-0.3, -0.25) is 4.79 Å². The van der Waals surface area contributed by atoms with E-state index in [2.05, 4.69) is 38.9 Å². The molecule has 2 aromatic rings. The van der Waals surface area contributed by atoms with Crippen LogP contribution in [0, 0.1) is 0 Å². The van der Waals surface area contributed by atoms with E-state index in [1.165, 1.54) is 42.0 Å². The first kappa shape index (κ1) is 16.2. The molecule has 0 radical (unpaired) electrons. The van der Waals surface area contributed by atoms with Crippen LogP contribution in [0.3, 0.4) is 0 Å². The summed E-state index contributed by atoms with van der Waals surface area (Å²) < 4.78 is 10.0. The van der Waals surface area contributed by atoms with Crippen molar-refractivity contribution in [3.8, 4) is 0 Å². The van der Waals surface area contributed by atoms with Crippen molar-refractivity contribution in [3.05, 3.63) is 35.7 Å². The van der Waals surface area contributed by atoms with Crippen LogP contribution in [0.15, 0.2) is 24.3 Å². The maximum absolute atomic E-state index is 11.6. The standard InChI is InChI=1S/C19H22N4O2S/c24-17-11-25-10-14(20-17)8-13-9-23(16-7-2-1-6-15(13)16)19-21-18(22-26-19)12-4-3-5-12/h1-2,6-7,12-14H,3-5,8-11H2,(H,20,24). The van der Waals surface area contributed by atoms with Gasteiger partial charge >= 0.3 is 0 Å². The summed E-state index contributed by atoms with van der Waals surface area (Å²) in [6.07, 6.45) is 4.62. The Morgan fingerprint density at radius 2 is 2.19 bits per heavy atom. The predicted molar refractivity (Wildman–Crippen MR) is 100 cm³/mol. The van der Waals surface area contributed by atoms with Crippen molar-refractivity contribution in [2.45, 2.75) is 43.6 Å². The Labute approximate surface area is 156 Å². The highest BCUT2D eigenvalue weighted by atomic mass is 32.1. The number of rotatable bonds is 4. The van der Waals surface area contributed by atoms with Gasteiger partial charge in [0.1, 0.15) is 12.4 Å². The zero-order valence-corrected chi connectivity index (χ0v) is 15.4. The Bertz CT molecular complexity index is 819. The van der Waals surface area contributed by atoms with Gasteiger partial charge in [0.25, 0.3) is 0 Å². The number of morpholine rings is 1. The predicted octanol–water partition coefficient (Wildman–Crippen LogP) is 2.95. The molecule has 3 heterocycles. The summed E-state index contributed by atoms with van der Waals surface area (Å²) in [5.41, 5.74) is 2.55. The Morgan fingerprint density at radius 3 is 3.00 bits per heavy atom. The van der Waals surface area contributed by atoms with E-state index < -0.39 is 0 Å². The molecule has 2 aliphatic heterocycles. The Hall–Kier alpha value is -1.99. The highest BCUT2D eigenvalue weighted by molar-refractivity contribution is 7.09. The normalized spacial score (nSPS) is 25.7. The van der Waals surface area contributed by atoms with Crippen molar-refractivity contribution in [2.24, 2.45) is 0 Å². The maximum atomic E-state index is 11.6. The number of carbonyl (C=O) groups is 1. The molecule has 0 bridgehead atoms. The average Bonchev–Trinajstić information content (AvgIpc) is 3.19. The van der Waals surface area contributed by atoms with Crippen molar-refractivity contribution in [1.82, 2.24) is 14.7 Å². The summed E-state index contributed by atoms with van der Waals surface area (Å²) in [4.78, 5) is 18.8. The van der Waals surface area contributed by atoms with Crippen LogP contribution < -0.4 is 10.2 Å². The third-order valence-electron chi connectivity index (χ3n) is 5.69. The van der Waals surface area contributed by atoms with Crippen molar-refractivity contribution in [2.75, 3.05) is 24.7 Å². The van der Waals surface area contributed by atoms with Crippen molar-refractivity contribution in [3.63, 3.8) is 0 Å². The zero-order valence-electron chi connectivity index (χ0n) is 14.6. The lowest BCUT2D eigenvalue weighted by Gasteiger charge is -2.26. The van der Waals surface area contributed by atoms with E-state index in [-0.39, 0.29) is 18.6 Å². The summed E-state index contributed by atoms with van der Waals surface area (Å²) in [7, 11) is 0. The molecule has 0 spiro atoms. The lowest BCUT2D eigenvalue weighted by atomic mass is 9.85. The second-order valence-electron chi connectivity index (χ2n) is 7.44. The molecule has 1 aromatic carbocycles. The SMILES string of the molecule is O=C1COCC(CC2CN(c3nc(C4CCC4)ns3)c3ccccc32)N1. The first-order valence-corrected chi connectivity index (χ1v) is 10.1. The van der Waals surface area contributed by atoms with Crippen LogP contribution in [0.4, 0.5) is 10.8 Å². The van der Waals surface area contributed by atoms with Crippen LogP contribution in [0.5, 0.6) is 0 Å². The molecule has 1 amide bonds. The molecule has 1 N–H and O–H groups in total. The minimum Gasteiger partial charge on any atom is -0.370 e. The second kappa shape index (κ2) is 6.63. The number of para-hydroxylation sites is 1. The number of fused-ring (bicyclic) bond motifs is 1. The molecular formula is C19H22N4O2S. The lowest BCUT2D eigenvalue weighted by molar-refractivity contribution is -0.131. The lowest BCUT2D eigenvalue weighted by Crippen LogP contribution is -2.46. The number of ether oxygens (including phenoxy) is 1. The molecule has 6 nitrogen and oxygen atoms in total. The largest absolute Gasteiger partial charge is 0.370 e. The zero-order chi connectivity index (χ0) is 17.5. The quantitative estimate of drug-likeness (QED) is 0.896. The van der Waals surface area contributed by atoms with Crippen molar-refractivity contribution >= 4 is 28.3 Å². The number of carbonyl (C=O) groups excluding carboxylic acids is 1. The molecular weight excluding hydrogens is 348 g/mol. The van der Waals surface area contributed by atoms with Crippen LogP contribution in [-0.4, -0.2) is 41.1 Å². The van der Waals surface area contributed by atoms with Crippen LogP contribution in [0.1, 0.15) is 48.9 Å². The molecule has 26 heavy (non-hydrogen) atoms. The van der Waals surface area contributed by atoms with Gasteiger partial charge in [-0.1, -0.05) is 24.6 Å². The average molecular weight is 370 g/mol. The Kier molecular flexibility index (Phi) is 4.13. The topological polar surface area (TPSA) is 67.3 Å². The molecule has 1 aromatic heterocycles. The van der Waals surface area contributed by atoms with Crippen LogP contribution in [0.2, 0.25) is 0 Å². The minimum absolute atomic E-state index is 0.0151. The molecule has 1 aliphatic carbocycles. The summed E-state index contributed by atoms with van der Waals surface area (Å²) in [6.45, 7) is 1.65. The van der Waals surface area contributed by atoms with Gasteiger partial charge in [0, 0.05) is 35.6 Å². The first-order valence-electron chi connectivity index (χ1n) is 9.35. The van der Waals surface area contributed by atoms with Gasteiger partial charge in [0.15, 0.2) is 0 Å². The van der Waals surface area contributed by atoms with Gasteiger partial charge < -0.3 is 15.0 Å². The monoisotopic (exact) mass is 370 g/mol. The molecule has 7 heteroatoms. The second-order valence-corrected chi connectivity index (χ2v) is 8.17. The van der Waals surface area contributed by atoms with E-state index in [0.29, 0.717) is 18.4 Å². The van der Waals surface area contributed by atoms with E-state index >= 15 is 0 Å². The van der Waals surface area contributed by atoms with Crippen LogP contribution >= 0.6 is 11.5 Å². The number of nitrogens with one attached hydrogen (secondary N) is 1. The molecule has 2 atom stereocenters. The van der Waals surface area contributed by atoms with E-state index in [9.17, 15) is 4.79 Å². The summed E-state index contributed by atoms with van der Waals surface area (Å²) >= 11 is 1.51. The minimum atomic E-state index is -0.0151. The van der Waals surface area contributed by atoms with Gasteiger partial charge in [-0.05, 0) is 30.9 Å². The molecule has 3 aliphatic rings. The fourth-order valence-corrected chi connectivity index (χ4v) is 4.89. The van der Waals surface area contributed by atoms with E-state index in [1.807, 2.05) is 0 Å². The molecule has 5 rings (SSSR count). The third-order valence-corrected chi connectivity index (χ3v) is 6.44. The van der Waals surface area contributed by atoms with Crippen molar-refractivity contribution < 1.29 is 9.53 Å². The Morgan fingerprint density at radius 1 is 1.31 bits per heavy atom. The number of hydrogen-bond acceptors (Lipinski definition) is 6. The van der Waals surface area contributed by atoms with Gasteiger partial charge in [-0.2, -0.15) is 4.37 Å². The number of anilines is 2. The van der Waals surface area contributed by atoms with Crippen LogP contribution in [-0.2, 0) is 9.53 Å². The first-order chi connectivity index (χ1) is 12.8. The fraction of sp³-hybridized carbons (Fsp3) is 0.526. The molecule has 136 valence electrons. The number of amides is 1. The highest BCUT2D eigenvalue weighted by Gasteiger charge is 2.34. The van der Waals surface area contributed by atoms with E-state index in [0.717, 1.165) is 23.9 Å². The Balaban J connectivity index is 1.38. The third kappa shape index (κ3) is 2.89. The number of benzene rings is 1. The van der Waals surface area contributed by atoms with Crippen LogP contribution in [0.25, 0.3) is 0 Å². The highest BCUT2D eigenvalue weighted by Crippen LogP contribution is 2.44. The molecule has 1 saturated carbocycles. The summed E-state index contributed by atoms with van der Waals surface area (Å²) in [5.74, 6) is 1.92. The molecule has 2 fully saturated rings. The smallest absolute Gasteiger partial charge is 0.246 e. The van der Waals surface area contributed by atoms with Gasteiger partial charge in [0.05, 0.1) is 12.6 Å². The summed E-state index contributed by atoms with van der Waals surface area (Å²) in [5, 5.41) is 4.05. The number of aromatic nitrogens is 2. The molecule has 1 saturated heterocycles. The fourth-order valence-electron chi connectivity index (χ4n) is 4.12. The van der Waals surface area contributed by atoms with E-state index in [4.69, 9.17) is 9.72 Å². The van der Waals surface area contributed by atoms with Gasteiger partial charge in [-0.15, -0.1) is 0 Å². The number of hydrogen-bond donors (Lipinski definition) is 1. The van der Waals surface area contributed by atoms with Crippen molar-refractivity contribution in [1.29, 1.82) is 0 Å². The maximum Gasteiger partial charge on any atom is 0.246 e. The number of nitrogens with zero attached hydrogens (tertiary/aromatic N) is 3. The van der Waals surface area contributed by atoms with Gasteiger partial charge in [-0.25, -0.2) is 4.98 Å². The molecule has 2 unspecified atom stereocenters. The van der Waals surface area contributed by atoms with E-state index in [1.54, 1.807) is 0 Å².